The monoisotopic (exact) mass is 388 g/mol. The average Bonchev–Trinajstić information content (AvgIpc) is 2.71. The second-order valence-corrected chi connectivity index (χ2v) is 7.21. The van der Waals surface area contributed by atoms with E-state index in [0.717, 1.165) is 16.8 Å². The molecule has 1 unspecified atom stereocenters. The van der Waals surface area contributed by atoms with Crippen molar-refractivity contribution >= 4 is 16.1 Å². The first kappa shape index (κ1) is 19.2. The van der Waals surface area contributed by atoms with Crippen molar-refractivity contribution in [1.82, 2.24) is 9.55 Å². The highest BCUT2D eigenvalue weighted by Gasteiger charge is 2.44. The van der Waals surface area contributed by atoms with Gasteiger partial charge < -0.3 is 29.3 Å². The normalized spacial score (nSPS) is 28.8. The maximum Gasteiger partial charge on any atom is 0.476 e. The molecule has 15 heteroatoms. The van der Waals surface area contributed by atoms with Gasteiger partial charge in [0.25, 0.3) is 5.56 Å². The van der Waals surface area contributed by atoms with Crippen molar-refractivity contribution < 1.29 is 42.7 Å². The maximum atomic E-state index is 11.7. The fourth-order valence-electron chi connectivity index (χ4n) is 2.00. The lowest BCUT2D eigenvalue weighted by atomic mass is 10.1. The lowest BCUT2D eigenvalue weighted by molar-refractivity contribution is -0.0517. The van der Waals surface area contributed by atoms with Crippen LogP contribution >= 0.6 is 16.1 Å². The third kappa shape index (κ3) is 4.70. The third-order valence-electron chi connectivity index (χ3n) is 3.02. The van der Waals surface area contributed by atoms with Gasteiger partial charge in [-0.15, -0.1) is 0 Å². The third-order valence-corrected chi connectivity index (χ3v) is 4.97. The predicted octanol–water partition coefficient (Wildman–Crippen LogP) is -2.33. The van der Waals surface area contributed by atoms with Gasteiger partial charge >= 0.3 is 21.8 Å². The molecule has 1 aromatic rings. The lowest BCUT2D eigenvalue weighted by Gasteiger charge is -2.16. The second-order valence-electron chi connectivity index (χ2n) is 4.71. The highest BCUT2D eigenvalue weighted by molar-refractivity contribution is 7.55. The van der Waals surface area contributed by atoms with E-state index >= 15 is 0 Å². The van der Waals surface area contributed by atoms with Crippen molar-refractivity contribution in [2.75, 3.05) is 6.61 Å². The van der Waals surface area contributed by atoms with Gasteiger partial charge in [-0.3, -0.25) is 18.9 Å². The van der Waals surface area contributed by atoms with E-state index in [1.165, 1.54) is 0 Å². The number of nitrogens with one attached hydrogen (secondary N) is 1. The molecule has 1 aliphatic rings. The van der Waals surface area contributed by atoms with Gasteiger partial charge in [-0.2, -0.15) is 0 Å². The Kier molecular flexibility index (Phi) is 5.91. The first-order valence-corrected chi connectivity index (χ1v) is 9.09. The average molecular weight is 388 g/mol. The van der Waals surface area contributed by atoms with Gasteiger partial charge in [-0.25, -0.2) is 13.7 Å². The summed E-state index contributed by atoms with van der Waals surface area (Å²) < 4.78 is 36.1. The number of ether oxygens (including phenoxy) is 1. The molecule has 5 N–H and O–H groups in total. The summed E-state index contributed by atoms with van der Waals surface area (Å²) in [5, 5.41) is 19.8. The zero-order valence-electron chi connectivity index (χ0n) is 11.7. The summed E-state index contributed by atoms with van der Waals surface area (Å²) in [6.07, 6.45) is -4.71. The van der Waals surface area contributed by atoms with Crippen LogP contribution in [-0.2, 0) is 22.7 Å². The molecule has 13 nitrogen and oxygen atoms in total. The van der Waals surface area contributed by atoms with Crippen molar-refractivity contribution in [3.8, 4) is 0 Å². The minimum atomic E-state index is -5.01. The topological polar surface area (TPSA) is 198 Å². The molecule has 24 heavy (non-hydrogen) atoms. The molecule has 1 fully saturated rings. The summed E-state index contributed by atoms with van der Waals surface area (Å²) in [5.74, 6) is 0. The van der Waals surface area contributed by atoms with Crippen LogP contribution < -0.4 is 11.2 Å². The summed E-state index contributed by atoms with van der Waals surface area (Å²) in [4.78, 5) is 41.5. The molecule has 1 aromatic heterocycles. The van der Waals surface area contributed by atoms with Crippen LogP contribution in [0.2, 0.25) is 0 Å². The van der Waals surface area contributed by atoms with Gasteiger partial charge in [0.2, 0.25) is 0 Å². The van der Waals surface area contributed by atoms with E-state index in [0.29, 0.717) is 0 Å². The van der Waals surface area contributed by atoms with E-state index < -0.39 is 58.5 Å². The Morgan fingerprint density at radius 2 is 2.00 bits per heavy atom. The first-order chi connectivity index (χ1) is 11.1. The number of hydrogen-bond acceptors (Lipinski definition) is 9. The number of hydrogen-bond donors (Lipinski definition) is 5. The first-order valence-electron chi connectivity index (χ1n) is 6.33. The number of H-pyrrole nitrogens is 1. The van der Waals surface area contributed by atoms with Gasteiger partial charge in [0.1, 0.15) is 18.3 Å². The van der Waals surface area contributed by atoms with E-state index in [1.807, 2.05) is 4.98 Å². The molecular formula is C9H14N2O11P2. The Morgan fingerprint density at radius 3 is 2.58 bits per heavy atom. The molecule has 0 spiro atoms. The van der Waals surface area contributed by atoms with Gasteiger partial charge in [0, 0.05) is 12.3 Å². The Balaban J connectivity index is 2.05. The van der Waals surface area contributed by atoms with E-state index in [4.69, 9.17) is 14.5 Å². The largest absolute Gasteiger partial charge is 0.476 e. The summed E-state index contributed by atoms with van der Waals surface area (Å²) >= 11 is 0. The van der Waals surface area contributed by atoms with E-state index in [-0.39, 0.29) is 0 Å². The highest BCUT2D eigenvalue weighted by Crippen LogP contribution is 2.48. The van der Waals surface area contributed by atoms with E-state index in [2.05, 4.69) is 8.83 Å². The molecular weight excluding hydrogens is 374 g/mol. The zero-order valence-corrected chi connectivity index (χ0v) is 13.6. The zero-order chi connectivity index (χ0) is 18.1. The smallest absolute Gasteiger partial charge is 0.387 e. The molecule has 0 aliphatic carbocycles. The molecule has 0 amide bonds. The minimum absolute atomic E-state index is 0.634. The van der Waals surface area contributed by atoms with Crippen LogP contribution in [0.4, 0.5) is 0 Å². The van der Waals surface area contributed by atoms with Crippen LogP contribution in [0.1, 0.15) is 6.23 Å². The Bertz CT molecular complexity index is 769. The van der Waals surface area contributed by atoms with Crippen molar-refractivity contribution in [3.63, 3.8) is 0 Å². The Morgan fingerprint density at radius 1 is 1.33 bits per heavy atom. The van der Waals surface area contributed by atoms with Crippen molar-refractivity contribution in [2.45, 2.75) is 24.5 Å². The fourth-order valence-corrected chi connectivity index (χ4v) is 3.29. The van der Waals surface area contributed by atoms with Crippen LogP contribution in [-0.4, -0.2) is 54.5 Å². The fraction of sp³-hybridized carbons (Fsp3) is 0.556. The SMILES string of the molecule is O=c1ccn([C@@H]2O[C@H](CO[PH](=O)OP(=O)(O)O)[C@@H](O)[C@H]2O)c(=O)[nH]1. The number of aromatic nitrogens is 2. The molecule has 2 rings (SSSR count). The van der Waals surface area contributed by atoms with Crippen LogP contribution in [0.5, 0.6) is 0 Å². The van der Waals surface area contributed by atoms with Crippen LogP contribution in [0.15, 0.2) is 21.9 Å². The summed E-state index contributed by atoms with van der Waals surface area (Å²) in [5.41, 5.74) is -1.56. The maximum absolute atomic E-state index is 11.7. The molecule has 5 atom stereocenters. The molecule has 2 heterocycles. The van der Waals surface area contributed by atoms with E-state index in [1.54, 1.807) is 0 Å². The molecule has 0 saturated carbocycles. The van der Waals surface area contributed by atoms with Crippen LogP contribution in [0.3, 0.4) is 0 Å². The van der Waals surface area contributed by atoms with Crippen LogP contribution in [0.25, 0.3) is 0 Å². The summed E-state index contributed by atoms with van der Waals surface area (Å²) in [7, 11) is -8.58. The number of rotatable bonds is 6. The van der Waals surface area contributed by atoms with Crippen molar-refractivity contribution in [3.05, 3.63) is 33.1 Å². The second kappa shape index (κ2) is 7.40. The Hall–Kier alpha value is -1.14. The molecule has 1 saturated heterocycles. The van der Waals surface area contributed by atoms with Crippen LogP contribution in [0, 0.1) is 0 Å². The van der Waals surface area contributed by atoms with Gasteiger partial charge in [0.05, 0.1) is 6.61 Å². The number of nitrogens with zero attached hydrogens (tertiary/aromatic N) is 1. The standard InChI is InChI=1S/C9H14N2O11P2/c12-5-1-2-11(9(15)10-5)8-7(14)6(13)4(21-8)3-20-23(16)22-24(17,18)19/h1-2,4,6-8,13-14,23H,3H2,(H,10,12,15)(H2,17,18,19)/t4-,6-,7-,8-/m1/s1. The number of phosphoric acid groups is 1. The predicted molar refractivity (Wildman–Crippen MR) is 75.3 cm³/mol. The Labute approximate surface area is 133 Å². The van der Waals surface area contributed by atoms with E-state index in [9.17, 15) is 28.9 Å². The number of aromatic amines is 1. The molecule has 0 aromatic carbocycles. The highest BCUT2D eigenvalue weighted by atomic mass is 31.2. The molecule has 0 bridgehead atoms. The van der Waals surface area contributed by atoms with Crippen molar-refractivity contribution in [2.24, 2.45) is 0 Å². The summed E-state index contributed by atoms with van der Waals surface area (Å²) in [6, 6.07) is 1.00. The van der Waals surface area contributed by atoms with Gasteiger partial charge in [-0.05, 0) is 0 Å². The van der Waals surface area contributed by atoms with Gasteiger partial charge in [-0.1, -0.05) is 0 Å². The number of aliphatic hydroxyl groups excluding tert-OH is 2. The lowest BCUT2D eigenvalue weighted by Crippen LogP contribution is -2.37. The molecule has 0 radical (unpaired) electrons. The number of aliphatic hydroxyl groups is 2. The minimum Gasteiger partial charge on any atom is -0.387 e. The summed E-state index contributed by atoms with van der Waals surface area (Å²) in [6.45, 7) is -0.634. The molecule has 136 valence electrons. The molecule has 1 aliphatic heterocycles. The van der Waals surface area contributed by atoms with Crippen molar-refractivity contribution in [1.29, 1.82) is 0 Å². The van der Waals surface area contributed by atoms with Gasteiger partial charge in [0.15, 0.2) is 6.23 Å². The quantitative estimate of drug-likeness (QED) is 0.328.